The number of aromatic nitrogens is 1. The molecule has 7 nitrogen and oxygen atoms in total. The number of nitrogens with zero attached hydrogens (tertiary/aromatic N) is 1. The van der Waals surface area contributed by atoms with Gasteiger partial charge in [0.2, 0.25) is 10.0 Å². The third kappa shape index (κ3) is 4.80. The molecule has 1 aromatic heterocycles. The summed E-state index contributed by atoms with van der Waals surface area (Å²) in [6, 6.07) is 5.74. The van der Waals surface area contributed by atoms with Crippen molar-refractivity contribution in [3.63, 3.8) is 0 Å². The quantitative estimate of drug-likeness (QED) is 0.749. The fraction of sp³-hybridized carbons (Fsp3) is 0.333. The Labute approximate surface area is 145 Å². The minimum Gasteiger partial charge on any atom is -0.461 e. The van der Waals surface area contributed by atoms with Crippen LogP contribution >= 0.6 is 11.6 Å². The van der Waals surface area contributed by atoms with Gasteiger partial charge in [-0.05, 0) is 38.1 Å². The van der Waals surface area contributed by atoms with Crippen molar-refractivity contribution < 1.29 is 22.5 Å². The van der Waals surface area contributed by atoms with Gasteiger partial charge in [0, 0.05) is 11.6 Å². The van der Waals surface area contributed by atoms with Crippen LogP contribution in [0.3, 0.4) is 0 Å². The molecule has 0 amide bonds. The molecular weight excluding hydrogens is 356 g/mol. The van der Waals surface area contributed by atoms with E-state index in [2.05, 4.69) is 9.88 Å². The van der Waals surface area contributed by atoms with Crippen LogP contribution < -0.4 is 4.72 Å². The smallest absolute Gasteiger partial charge is 0.307 e. The molecule has 0 radical (unpaired) electrons. The molecule has 130 valence electrons. The second kappa shape index (κ2) is 7.78. The molecule has 0 fully saturated rings. The lowest BCUT2D eigenvalue weighted by atomic mass is 10.2. The fourth-order valence-corrected chi connectivity index (χ4v) is 3.08. The number of benzene rings is 1. The van der Waals surface area contributed by atoms with Crippen LogP contribution in [-0.2, 0) is 26.2 Å². The van der Waals surface area contributed by atoms with E-state index in [9.17, 15) is 13.2 Å². The predicted octanol–water partition coefficient (Wildman–Crippen LogP) is 2.36. The van der Waals surface area contributed by atoms with Crippen LogP contribution in [0.2, 0.25) is 5.02 Å². The van der Waals surface area contributed by atoms with Crippen LogP contribution in [0, 0.1) is 13.8 Å². The second-order valence-corrected chi connectivity index (χ2v) is 7.27. The summed E-state index contributed by atoms with van der Waals surface area (Å²) in [7, 11) is -3.69. The number of aryl methyl sites for hydroxylation is 2. The largest absolute Gasteiger partial charge is 0.461 e. The van der Waals surface area contributed by atoms with Gasteiger partial charge in [0.15, 0.2) is 0 Å². The van der Waals surface area contributed by atoms with Crippen LogP contribution in [-0.4, -0.2) is 26.1 Å². The average molecular weight is 373 g/mol. The highest BCUT2D eigenvalue weighted by atomic mass is 35.5. The third-order valence-electron chi connectivity index (χ3n) is 3.30. The third-order valence-corrected chi connectivity index (χ3v) is 5.03. The highest BCUT2D eigenvalue weighted by Gasteiger charge is 2.15. The van der Waals surface area contributed by atoms with Crippen LogP contribution in [0.1, 0.15) is 23.4 Å². The van der Waals surface area contributed by atoms with Crippen molar-refractivity contribution in [1.82, 2.24) is 9.88 Å². The summed E-state index contributed by atoms with van der Waals surface area (Å²) >= 11 is 5.72. The van der Waals surface area contributed by atoms with E-state index in [0.29, 0.717) is 22.0 Å². The number of carbonyl (C=O) groups is 1. The molecule has 1 N–H and O–H groups in total. The average Bonchev–Trinajstić information content (AvgIpc) is 2.84. The maximum Gasteiger partial charge on any atom is 0.307 e. The van der Waals surface area contributed by atoms with Gasteiger partial charge in [-0.2, -0.15) is 0 Å². The minimum atomic E-state index is -3.69. The van der Waals surface area contributed by atoms with Gasteiger partial charge in [0.1, 0.15) is 12.4 Å². The van der Waals surface area contributed by atoms with E-state index in [-0.39, 0.29) is 24.5 Å². The van der Waals surface area contributed by atoms with Gasteiger partial charge in [0.05, 0.1) is 22.6 Å². The lowest BCUT2D eigenvalue weighted by Crippen LogP contribution is -2.26. The number of nitrogens with one attached hydrogen (secondary N) is 1. The van der Waals surface area contributed by atoms with Crippen LogP contribution in [0.25, 0.3) is 0 Å². The molecule has 9 heteroatoms. The number of ether oxygens (including phenoxy) is 1. The lowest BCUT2D eigenvalue weighted by molar-refractivity contribution is -0.144. The van der Waals surface area contributed by atoms with Crippen molar-refractivity contribution >= 4 is 27.6 Å². The molecule has 0 aliphatic heterocycles. The van der Waals surface area contributed by atoms with E-state index in [4.69, 9.17) is 20.9 Å². The molecule has 24 heavy (non-hydrogen) atoms. The zero-order valence-corrected chi connectivity index (χ0v) is 14.8. The molecule has 0 spiro atoms. The molecule has 0 atom stereocenters. The van der Waals surface area contributed by atoms with Crippen LogP contribution in [0.4, 0.5) is 0 Å². The van der Waals surface area contributed by atoms with E-state index in [1.807, 2.05) is 0 Å². The Kier molecular flexibility index (Phi) is 5.98. The maximum absolute atomic E-state index is 12.0. The normalized spacial score (nSPS) is 11.5. The topological polar surface area (TPSA) is 98.5 Å². The molecule has 0 aliphatic rings. The molecule has 1 aromatic carbocycles. The summed E-state index contributed by atoms with van der Waals surface area (Å²) in [6.07, 6.45) is -0.0871. The number of halogens is 1. The Bertz CT molecular complexity index is 795. The molecule has 2 aromatic rings. The maximum atomic E-state index is 12.0. The Hall–Kier alpha value is -1.90. The van der Waals surface area contributed by atoms with Crippen LogP contribution in [0.15, 0.2) is 33.7 Å². The SMILES string of the molecule is Cc1noc(C)c1COC(=O)CCNS(=O)(=O)c1ccc(Cl)cc1. The van der Waals surface area contributed by atoms with Gasteiger partial charge in [-0.25, -0.2) is 13.1 Å². The summed E-state index contributed by atoms with van der Waals surface area (Å²) in [4.78, 5) is 11.8. The van der Waals surface area contributed by atoms with E-state index in [0.717, 1.165) is 0 Å². The van der Waals surface area contributed by atoms with Crippen molar-refractivity contribution in [3.05, 3.63) is 46.3 Å². The Morgan fingerprint density at radius 2 is 1.96 bits per heavy atom. The van der Waals surface area contributed by atoms with Crippen LogP contribution in [0.5, 0.6) is 0 Å². The highest BCUT2D eigenvalue weighted by Crippen LogP contribution is 2.15. The molecule has 2 rings (SSSR count). The number of carbonyl (C=O) groups excluding carboxylic acids is 1. The molecule has 0 saturated carbocycles. The first-order chi connectivity index (χ1) is 11.3. The first kappa shape index (κ1) is 18.4. The van der Waals surface area contributed by atoms with Crippen molar-refractivity contribution in [2.75, 3.05) is 6.54 Å². The summed E-state index contributed by atoms with van der Waals surface area (Å²) in [5.74, 6) is 0.0672. The summed E-state index contributed by atoms with van der Waals surface area (Å²) in [6.45, 7) is 3.46. The fourth-order valence-electron chi connectivity index (χ4n) is 1.92. The first-order valence-electron chi connectivity index (χ1n) is 7.12. The second-order valence-electron chi connectivity index (χ2n) is 5.07. The highest BCUT2D eigenvalue weighted by molar-refractivity contribution is 7.89. The van der Waals surface area contributed by atoms with E-state index < -0.39 is 16.0 Å². The summed E-state index contributed by atoms with van der Waals surface area (Å²) in [5.41, 5.74) is 1.37. The zero-order chi connectivity index (χ0) is 17.7. The van der Waals surface area contributed by atoms with Crippen molar-refractivity contribution in [2.24, 2.45) is 0 Å². The minimum absolute atomic E-state index is 0.0456. The molecule has 0 saturated heterocycles. The van der Waals surface area contributed by atoms with E-state index >= 15 is 0 Å². The Morgan fingerprint density at radius 3 is 2.54 bits per heavy atom. The number of hydrogen-bond acceptors (Lipinski definition) is 6. The Morgan fingerprint density at radius 1 is 1.29 bits per heavy atom. The van der Waals surface area contributed by atoms with E-state index in [1.54, 1.807) is 13.8 Å². The van der Waals surface area contributed by atoms with E-state index in [1.165, 1.54) is 24.3 Å². The van der Waals surface area contributed by atoms with Crippen molar-refractivity contribution in [2.45, 2.75) is 31.8 Å². The molecule has 0 unspecified atom stereocenters. The molecule has 1 heterocycles. The lowest BCUT2D eigenvalue weighted by Gasteiger charge is -2.07. The summed E-state index contributed by atoms with van der Waals surface area (Å²) < 4.78 is 36.5. The zero-order valence-electron chi connectivity index (χ0n) is 13.2. The van der Waals surface area contributed by atoms with Gasteiger partial charge in [-0.15, -0.1) is 0 Å². The molecule has 0 bridgehead atoms. The standard InChI is InChI=1S/C15H17ClN2O5S/c1-10-14(11(2)23-18-10)9-22-15(19)7-8-17-24(20,21)13-5-3-12(16)4-6-13/h3-6,17H,7-9H2,1-2H3. The van der Waals surface area contributed by atoms with Crippen molar-refractivity contribution in [3.8, 4) is 0 Å². The van der Waals surface area contributed by atoms with Gasteiger partial charge in [0.25, 0.3) is 0 Å². The monoisotopic (exact) mass is 372 g/mol. The van der Waals surface area contributed by atoms with Gasteiger partial charge >= 0.3 is 5.97 Å². The Balaban J connectivity index is 1.81. The number of esters is 1. The number of hydrogen-bond donors (Lipinski definition) is 1. The molecular formula is C15H17ClN2O5S. The number of sulfonamides is 1. The summed E-state index contributed by atoms with van der Waals surface area (Å²) in [5, 5.41) is 4.20. The van der Waals surface area contributed by atoms with Crippen molar-refractivity contribution in [1.29, 1.82) is 0 Å². The first-order valence-corrected chi connectivity index (χ1v) is 8.98. The van der Waals surface area contributed by atoms with Gasteiger partial charge in [-0.1, -0.05) is 16.8 Å². The van der Waals surface area contributed by atoms with Gasteiger partial charge in [-0.3, -0.25) is 4.79 Å². The number of rotatable bonds is 7. The predicted molar refractivity (Wildman–Crippen MR) is 87.0 cm³/mol. The van der Waals surface area contributed by atoms with Gasteiger partial charge < -0.3 is 9.26 Å². The molecule has 0 aliphatic carbocycles.